The minimum atomic E-state index is -0.879. The largest absolute Gasteiger partial charge is 0.481 e. The molecule has 1 aromatic rings. The fourth-order valence-corrected chi connectivity index (χ4v) is 3.94. The minimum Gasteiger partial charge on any atom is -0.481 e. The van der Waals surface area contributed by atoms with Gasteiger partial charge in [-0.1, -0.05) is 70.4 Å². The molecule has 1 N–H and O–H groups in total. The number of hydrogen-bond donors (Lipinski definition) is 1. The van der Waals surface area contributed by atoms with E-state index in [1.807, 2.05) is 11.6 Å². The van der Waals surface area contributed by atoms with Gasteiger partial charge < -0.3 is 14.4 Å². The van der Waals surface area contributed by atoms with Crippen LogP contribution in [0, 0.1) is 5.92 Å². The first-order chi connectivity index (χ1) is 16.0. The van der Waals surface area contributed by atoms with Gasteiger partial charge in [0, 0.05) is 31.3 Å². The highest BCUT2D eigenvalue weighted by atomic mass is 16.5. The summed E-state index contributed by atoms with van der Waals surface area (Å²) in [4.78, 5) is 27.2. The molecule has 1 unspecified atom stereocenters. The Balaban J connectivity index is 2.01. The lowest BCUT2D eigenvalue weighted by Crippen LogP contribution is -2.20. The topological polar surface area (TPSA) is 81.4 Å². The molecule has 1 aromatic heterocycles. The third kappa shape index (κ3) is 16.2. The number of carboxylic acids is 1. The first-order valence-corrected chi connectivity index (χ1v) is 13.0. The zero-order valence-corrected chi connectivity index (χ0v) is 21.0. The van der Waals surface area contributed by atoms with Crippen molar-refractivity contribution in [1.82, 2.24) is 9.55 Å². The van der Waals surface area contributed by atoms with Crippen LogP contribution >= 0.6 is 0 Å². The van der Waals surface area contributed by atoms with Gasteiger partial charge in [0.25, 0.3) is 0 Å². The third-order valence-electron chi connectivity index (χ3n) is 6.00. The number of hydrogen-bond acceptors (Lipinski definition) is 4. The molecule has 0 aliphatic carbocycles. The number of imidazole rings is 1. The number of allylic oxidation sites excluding steroid dienone is 2. The molecule has 0 saturated carbocycles. The second-order valence-electron chi connectivity index (χ2n) is 9.18. The zero-order chi connectivity index (χ0) is 24.2. The van der Waals surface area contributed by atoms with Gasteiger partial charge in [0.15, 0.2) is 0 Å². The number of rotatable bonds is 21. The number of aliphatic carboxylic acids is 1. The van der Waals surface area contributed by atoms with E-state index in [9.17, 15) is 9.59 Å². The summed E-state index contributed by atoms with van der Waals surface area (Å²) >= 11 is 0. The lowest BCUT2D eigenvalue weighted by Gasteiger charge is -2.15. The van der Waals surface area contributed by atoms with E-state index >= 15 is 0 Å². The summed E-state index contributed by atoms with van der Waals surface area (Å²) in [7, 11) is 1.87. The molecule has 0 saturated heterocycles. The molecule has 0 amide bonds. The van der Waals surface area contributed by atoms with Crippen molar-refractivity contribution in [3.8, 4) is 0 Å². The summed E-state index contributed by atoms with van der Waals surface area (Å²) in [5.74, 6) is -1.35. The van der Waals surface area contributed by atoms with Crippen LogP contribution in [0.25, 0.3) is 0 Å². The highest BCUT2D eigenvalue weighted by Crippen LogP contribution is 2.14. The average Bonchev–Trinajstić information content (AvgIpc) is 3.18. The SMILES string of the molecule is CCCCCCCC/C=C\CCCCCCCC(=O)OCC(CC(=O)O)Cc1cncn1C. The Kier molecular flexibility index (Phi) is 17.0. The average molecular weight is 463 g/mol. The first-order valence-electron chi connectivity index (χ1n) is 13.0. The highest BCUT2D eigenvalue weighted by molar-refractivity contribution is 5.69. The molecule has 6 nitrogen and oxygen atoms in total. The van der Waals surface area contributed by atoms with Crippen LogP contribution in [0.4, 0.5) is 0 Å². The molecule has 0 radical (unpaired) electrons. The number of esters is 1. The maximum atomic E-state index is 12.0. The molecule has 0 aliphatic heterocycles. The summed E-state index contributed by atoms with van der Waals surface area (Å²) in [5, 5.41) is 9.13. The van der Waals surface area contributed by atoms with Crippen molar-refractivity contribution in [3.63, 3.8) is 0 Å². The Morgan fingerprint density at radius 1 is 1.00 bits per heavy atom. The minimum absolute atomic E-state index is 0.0220. The van der Waals surface area contributed by atoms with Crippen molar-refractivity contribution in [2.24, 2.45) is 13.0 Å². The fraction of sp³-hybridized carbons (Fsp3) is 0.741. The van der Waals surface area contributed by atoms with Gasteiger partial charge in [-0.05, 0) is 38.5 Å². The van der Waals surface area contributed by atoms with E-state index in [0.29, 0.717) is 12.8 Å². The first kappa shape index (κ1) is 28.9. The van der Waals surface area contributed by atoms with Crippen LogP contribution in [0.2, 0.25) is 0 Å². The molecular weight excluding hydrogens is 416 g/mol. The van der Waals surface area contributed by atoms with Crippen molar-refractivity contribution in [3.05, 3.63) is 30.4 Å². The quantitative estimate of drug-likeness (QED) is 0.126. The molecule has 188 valence electrons. The molecule has 0 aromatic carbocycles. The lowest BCUT2D eigenvalue weighted by atomic mass is 10.0. The molecular formula is C27H46N2O4. The van der Waals surface area contributed by atoms with Gasteiger partial charge in [-0.15, -0.1) is 0 Å². The summed E-state index contributed by atoms with van der Waals surface area (Å²) in [6.45, 7) is 2.39. The Hall–Kier alpha value is -2.11. The standard InChI is InChI=1S/C27H46N2O4/c1-3-4-5-6-7-8-9-10-11-12-13-14-15-16-17-18-27(32)33-22-24(20-26(30)31)19-25-21-28-23-29(25)2/h10-11,21,23-24H,3-9,12-20,22H2,1-2H3,(H,30,31)/b11-10-. The predicted molar refractivity (Wildman–Crippen MR) is 133 cm³/mol. The maximum Gasteiger partial charge on any atom is 0.305 e. The summed E-state index contributed by atoms with van der Waals surface area (Å²) < 4.78 is 7.23. The van der Waals surface area contributed by atoms with E-state index in [1.54, 1.807) is 12.5 Å². The molecule has 33 heavy (non-hydrogen) atoms. The third-order valence-corrected chi connectivity index (χ3v) is 6.00. The predicted octanol–water partition coefficient (Wildman–Crippen LogP) is 6.63. The lowest BCUT2D eigenvalue weighted by molar-refractivity contribution is -0.147. The van der Waals surface area contributed by atoms with E-state index in [0.717, 1.165) is 31.4 Å². The van der Waals surface area contributed by atoms with E-state index in [2.05, 4.69) is 24.1 Å². The van der Waals surface area contributed by atoms with Gasteiger partial charge >= 0.3 is 11.9 Å². The van der Waals surface area contributed by atoms with Gasteiger partial charge in [-0.3, -0.25) is 9.59 Å². The van der Waals surface area contributed by atoms with Gasteiger partial charge in [0.1, 0.15) is 0 Å². The van der Waals surface area contributed by atoms with E-state index in [4.69, 9.17) is 9.84 Å². The highest BCUT2D eigenvalue weighted by Gasteiger charge is 2.18. The van der Waals surface area contributed by atoms with E-state index < -0.39 is 5.97 Å². The maximum absolute atomic E-state index is 12.0. The van der Waals surface area contributed by atoms with Gasteiger partial charge in [-0.25, -0.2) is 4.98 Å². The van der Waals surface area contributed by atoms with Gasteiger partial charge in [0.2, 0.25) is 0 Å². The smallest absolute Gasteiger partial charge is 0.305 e. The van der Waals surface area contributed by atoms with Crippen LogP contribution in [0.15, 0.2) is 24.7 Å². The fourth-order valence-electron chi connectivity index (χ4n) is 3.94. The van der Waals surface area contributed by atoms with Crippen LogP contribution in [0.3, 0.4) is 0 Å². The number of carbonyl (C=O) groups excluding carboxylic acids is 1. The van der Waals surface area contributed by atoms with Gasteiger partial charge in [-0.2, -0.15) is 0 Å². The zero-order valence-electron chi connectivity index (χ0n) is 21.0. The summed E-state index contributed by atoms with van der Waals surface area (Å²) in [6, 6.07) is 0. The molecule has 0 aliphatic rings. The molecule has 1 atom stereocenters. The number of nitrogens with zero attached hydrogens (tertiary/aromatic N) is 2. The van der Waals surface area contributed by atoms with Crippen molar-refractivity contribution in [2.75, 3.05) is 6.61 Å². The van der Waals surface area contributed by atoms with Crippen LogP contribution < -0.4 is 0 Å². The van der Waals surface area contributed by atoms with Crippen molar-refractivity contribution >= 4 is 11.9 Å². The van der Waals surface area contributed by atoms with Crippen LogP contribution in [0.5, 0.6) is 0 Å². The van der Waals surface area contributed by atoms with Crippen LogP contribution in [-0.4, -0.2) is 33.2 Å². The van der Waals surface area contributed by atoms with Crippen molar-refractivity contribution in [2.45, 2.75) is 110 Å². The Morgan fingerprint density at radius 2 is 1.61 bits per heavy atom. The summed E-state index contributed by atoms with van der Waals surface area (Å²) in [5.41, 5.74) is 0.939. The van der Waals surface area contributed by atoms with Crippen molar-refractivity contribution in [1.29, 1.82) is 0 Å². The Bertz CT molecular complexity index is 669. The second kappa shape index (κ2) is 19.4. The van der Waals surface area contributed by atoms with Crippen molar-refractivity contribution < 1.29 is 19.4 Å². The normalized spacial score (nSPS) is 12.3. The van der Waals surface area contributed by atoms with Gasteiger partial charge in [0.05, 0.1) is 19.4 Å². The number of carboxylic acid groups (broad SMARTS) is 1. The molecule has 6 heteroatoms. The number of aromatic nitrogens is 2. The summed E-state index contributed by atoms with van der Waals surface area (Å²) in [6.07, 6.45) is 24.9. The molecule has 1 rings (SSSR count). The molecule has 0 spiro atoms. The second-order valence-corrected chi connectivity index (χ2v) is 9.18. The molecule has 1 heterocycles. The van der Waals surface area contributed by atoms with Crippen LogP contribution in [0.1, 0.15) is 109 Å². The number of aryl methyl sites for hydroxylation is 1. The monoisotopic (exact) mass is 462 g/mol. The molecule has 0 bridgehead atoms. The van der Waals surface area contributed by atoms with Crippen LogP contribution in [-0.2, 0) is 27.8 Å². The number of ether oxygens (including phenoxy) is 1. The molecule has 0 fully saturated rings. The Morgan fingerprint density at radius 3 is 2.18 bits per heavy atom. The van der Waals surface area contributed by atoms with E-state index in [1.165, 1.54) is 57.8 Å². The number of carbonyl (C=O) groups is 2. The Labute approximate surface area is 200 Å². The number of unbranched alkanes of at least 4 members (excludes halogenated alkanes) is 11. The van der Waals surface area contributed by atoms with E-state index in [-0.39, 0.29) is 24.9 Å².